The van der Waals surface area contributed by atoms with Crippen molar-refractivity contribution in [1.82, 2.24) is 19.7 Å². The van der Waals surface area contributed by atoms with Crippen molar-refractivity contribution in [2.75, 3.05) is 53.4 Å². The smallest absolute Gasteiger partial charge is 0.475 e. The number of hydrogen-bond donors (Lipinski definition) is 3. The number of ether oxygens (including phenoxy) is 1. The molecule has 3 heterocycles. The highest BCUT2D eigenvalue weighted by atomic mass is 19.4. The van der Waals surface area contributed by atoms with Gasteiger partial charge in [-0.15, -0.1) is 0 Å². The number of halogens is 6. The summed E-state index contributed by atoms with van der Waals surface area (Å²) in [4.78, 5) is 40.1. The minimum absolute atomic E-state index is 0.105. The zero-order valence-corrected chi connectivity index (χ0v) is 20.2. The molecule has 2 unspecified atom stereocenters. The molecule has 16 heteroatoms. The highest BCUT2D eigenvalue weighted by molar-refractivity contribution is 5.92. The van der Waals surface area contributed by atoms with Crippen LogP contribution in [-0.4, -0.2) is 126 Å². The van der Waals surface area contributed by atoms with E-state index in [1.165, 1.54) is 0 Å². The van der Waals surface area contributed by atoms with Gasteiger partial charge in [-0.2, -0.15) is 26.3 Å². The molecule has 0 bridgehead atoms. The molecule has 3 rings (SSSR count). The van der Waals surface area contributed by atoms with E-state index in [-0.39, 0.29) is 12.0 Å². The van der Waals surface area contributed by atoms with E-state index >= 15 is 0 Å². The molecule has 37 heavy (non-hydrogen) atoms. The van der Waals surface area contributed by atoms with E-state index in [0.717, 1.165) is 52.2 Å². The average Bonchev–Trinajstić information content (AvgIpc) is 3.23. The number of carboxylic acids is 2. The van der Waals surface area contributed by atoms with Gasteiger partial charge in [-0.05, 0) is 39.1 Å². The van der Waals surface area contributed by atoms with Gasteiger partial charge in [0, 0.05) is 45.0 Å². The number of aromatic amines is 1. The Morgan fingerprint density at radius 3 is 2.03 bits per heavy atom. The Kier molecular flexibility index (Phi) is 12.3. The molecule has 212 valence electrons. The van der Waals surface area contributed by atoms with E-state index < -0.39 is 24.3 Å². The van der Waals surface area contributed by atoms with Gasteiger partial charge < -0.3 is 29.7 Å². The van der Waals surface area contributed by atoms with Gasteiger partial charge in [0.2, 0.25) is 0 Å². The Balaban J connectivity index is 0.000000404. The number of hydrogen-bond acceptors (Lipinski definition) is 6. The third kappa shape index (κ3) is 11.4. The summed E-state index contributed by atoms with van der Waals surface area (Å²) in [6.45, 7) is 5.52. The number of carboxylic acid groups (broad SMARTS) is 2. The number of aromatic nitrogens is 1. The van der Waals surface area contributed by atoms with Crippen LogP contribution in [0, 0.1) is 0 Å². The number of alkyl halides is 6. The van der Waals surface area contributed by atoms with Crippen LogP contribution in [0.1, 0.15) is 23.3 Å². The van der Waals surface area contributed by atoms with Crippen molar-refractivity contribution in [3.05, 3.63) is 24.0 Å². The Morgan fingerprint density at radius 1 is 1.03 bits per heavy atom. The Bertz CT molecular complexity index is 839. The van der Waals surface area contributed by atoms with E-state index in [1.54, 1.807) is 6.20 Å². The maximum absolute atomic E-state index is 12.5. The Morgan fingerprint density at radius 2 is 1.57 bits per heavy atom. The van der Waals surface area contributed by atoms with E-state index in [9.17, 15) is 31.1 Å². The van der Waals surface area contributed by atoms with Gasteiger partial charge in [-0.3, -0.25) is 9.69 Å². The molecule has 2 aliphatic rings. The zero-order valence-electron chi connectivity index (χ0n) is 20.2. The van der Waals surface area contributed by atoms with Crippen molar-refractivity contribution < 1.29 is 55.7 Å². The molecule has 0 aromatic carbocycles. The van der Waals surface area contributed by atoms with Crippen molar-refractivity contribution in [3.63, 3.8) is 0 Å². The number of H-pyrrole nitrogens is 1. The minimum Gasteiger partial charge on any atom is -0.475 e. The van der Waals surface area contributed by atoms with Gasteiger partial charge in [-0.25, -0.2) is 9.59 Å². The largest absolute Gasteiger partial charge is 0.490 e. The zero-order chi connectivity index (χ0) is 28.4. The first-order valence-corrected chi connectivity index (χ1v) is 11.1. The minimum atomic E-state index is -5.08. The van der Waals surface area contributed by atoms with E-state index in [0.29, 0.717) is 11.7 Å². The third-order valence-corrected chi connectivity index (χ3v) is 5.42. The van der Waals surface area contributed by atoms with Gasteiger partial charge in [0.15, 0.2) is 0 Å². The summed E-state index contributed by atoms with van der Waals surface area (Å²) in [7, 11) is 4.23. The number of aliphatic carboxylic acids is 2. The number of fused-ring (bicyclic) bond motifs is 1. The second kappa shape index (κ2) is 14.2. The molecule has 3 N–H and O–H groups in total. The molecule has 10 nitrogen and oxygen atoms in total. The highest BCUT2D eigenvalue weighted by Gasteiger charge is 2.39. The fraction of sp³-hybridized carbons (Fsp3) is 0.667. The summed E-state index contributed by atoms with van der Waals surface area (Å²) in [5, 5.41) is 14.2. The highest BCUT2D eigenvalue weighted by Crippen LogP contribution is 2.24. The summed E-state index contributed by atoms with van der Waals surface area (Å²) in [5.41, 5.74) is 0.681. The van der Waals surface area contributed by atoms with Crippen LogP contribution in [-0.2, 0) is 14.3 Å². The van der Waals surface area contributed by atoms with Gasteiger partial charge >= 0.3 is 24.3 Å². The van der Waals surface area contributed by atoms with Gasteiger partial charge in [0.05, 0.1) is 12.7 Å². The van der Waals surface area contributed by atoms with E-state index in [2.05, 4.69) is 28.9 Å². The first-order valence-electron chi connectivity index (χ1n) is 11.1. The lowest BCUT2D eigenvalue weighted by Gasteiger charge is -2.40. The number of rotatable bonds is 4. The number of nitrogens with zero attached hydrogens (tertiary/aromatic N) is 3. The summed E-state index contributed by atoms with van der Waals surface area (Å²) >= 11 is 0. The molecule has 0 saturated carbocycles. The molecule has 2 saturated heterocycles. The average molecular weight is 548 g/mol. The molecule has 2 aliphatic heterocycles. The first-order chi connectivity index (χ1) is 17.0. The van der Waals surface area contributed by atoms with Gasteiger partial charge in [0.1, 0.15) is 5.69 Å². The van der Waals surface area contributed by atoms with E-state index in [4.69, 9.17) is 24.5 Å². The summed E-state index contributed by atoms with van der Waals surface area (Å²) in [5.74, 6) is -5.41. The molecule has 2 fully saturated rings. The van der Waals surface area contributed by atoms with Crippen molar-refractivity contribution >= 4 is 17.8 Å². The van der Waals surface area contributed by atoms with Gasteiger partial charge in [-0.1, -0.05) is 0 Å². The molecule has 0 aliphatic carbocycles. The maximum Gasteiger partial charge on any atom is 0.490 e. The molecule has 2 atom stereocenters. The second-order valence-corrected chi connectivity index (χ2v) is 8.38. The topological polar surface area (TPSA) is 126 Å². The number of likely N-dealkylation sites (N-methyl/N-ethyl adjacent to an activating group) is 1. The molecular weight excluding hydrogens is 518 g/mol. The number of nitrogens with one attached hydrogen (secondary N) is 1. The summed E-state index contributed by atoms with van der Waals surface area (Å²) in [6.07, 6.45) is -6.19. The van der Waals surface area contributed by atoms with Gasteiger partial charge in [0.25, 0.3) is 5.91 Å². The van der Waals surface area contributed by atoms with Crippen LogP contribution in [0.4, 0.5) is 26.3 Å². The number of morpholine rings is 1. The monoisotopic (exact) mass is 548 g/mol. The lowest BCUT2D eigenvalue weighted by Crippen LogP contribution is -2.52. The maximum atomic E-state index is 12.5. The quantitative estimate of drug-likeness (QED) is 0.489. The standard InChI is InChI=1S/C17H28N4O2.2C2HF3O2/c1-19(2)10-11-20-12-13-23-16-6-9-21(8-5-15(16)20)17(22)14-4-3-7-18-14;2*3-2(4,5)1(6)7/h3-4,7,15-16,18H,5-6,8-13H2,1-2H3;2*(H,6,7). The van der Waals surface area contributed by atoms with Crippen LogP contribution in [0.2, 0.25) is 0 Å². The van der Waals surface area contributed by atoms with Crippen molar-refractivity contribution in [2.24, 2.45) is 0 Å². The molecule has 0 radical (unpaired) electrons. The Labute approximate surface area is 208 Å². The normalized spacial score (nSPS) is 20.5. The van der Waals surface area contributed by atoms with Crippen LogP contribution in [0.25, 0.3) is 0 Å². The number of carbonyl (C=O) groups excluding carboxylic acids is 1. The molecule has 1 aromatic rings. The molecule has 1 amide bonds. The van der Waals surface area contributed by atoms with E-state index in [1.807, 2.05) is 17.0 Å². The third-order valence-electron chi connectivity index (χ3n) is 5.42. The number of likely N-dealkylation sites (tertiary alicyclic amines) is 1. The van der Waals surface area contributed by atoms with Crippen LogP contribution in [0.15, 0.2) is 18.3 Å². The molecule has 0 spiro atoms. The predicted molar refractivity (Wildman–Crippen MR) is 117 cm³/mol. The van der Waals surface area contributed by atoms with Crippen molar-refractivity contribution in [1.29, 1.82) is 0 Å². The summed E-state index contributed by atoms with van der Waals surface area (Å²) < 4.78 is 69.5. The van der Waals surface area contributed by atoms with Crippen LogP contribution in [0.5, 0.6) is 0 Å². The predicted octanol–water partition coefficient (Wildman–Crippen LogP) is 2.15. The fourth-order valence-corrected chi connectivity index (χ4v) is 3.60. The van der Waals surface area contributed by atoms with Crippen LogP contribution < -0.4 is 0 Å². The lowest BCUT2D eigenvalue weighted by atomic mass is 10.0. The summed E-state index contributed by atoms with van der Waals surface area (Å²) in [6, 6.07) is 4.15. The number of carbonyl (C=O) groups is 3. The fourth-order valence-electron chi connectivity index (χ4n) is 3.60. The van der Waals surface area contributed by atoms with Crippen LogP contribution >= 0.6 is 0 Å². The SMILES string of the molecule is CN(C)CCN1CCOC2CCN(C(=O)c3ccc[nH]3)CCC21.O=C(O)C(F)(F)F.O=C(O)C(F)(F)F. The molecule has 1 aromatic heterocycles. The van der Waals surface area contributed by atoms with Crippen LogP contribution in [0.3, 0.4) is 0 Å². The number of amides is 1. The van der Waals surface area contributed by atoms with Crippen molar-refractivity contribution in [2.45, 2.75) is 37.3 Å². The van der Waals surface area contributed by atoms with Crippen molar-refractivity contribution in [3.8, 4) is 0 Å². The first kappa shape index (κ1) is 32.2. The lowest BCUT2D eigenvalue weighted by molar-refractivity contribution is -0.193. The molecular formula is C21H30F6N4O6. The second-order valence-electron chi connectivity index (χ2n) is 8.38. The Hall–Kier alpha value is -2.85.